The van der Waals surface area contributed by atoms with Crippen molar-refractivity contribution in [3.8, 4) is 0 Å². The number of hydrogen-bond acceptors (Lipinski definition) is 12. The van der Waals surface area contributed by atoms with Gasteiger partial charge in [-0.2, -0.15) is 0 Å². The number of esters is 3. The van der Waals surface area contributed by atoms with Crippen LogP contribution in [0.15, 0.2) is 0 Å². The van der Waals surface area contributed by atoms with Gasteiger partial charge in [0.25, 0.3) is 0 Å². The molecule has 0 aromatic rings. The number of ether oxygens (including phenoxy) is 6. The van der Waals surface area contributed by atoms with Crippen molar-refractivity contribution in [3.05, 3.63) is 0 Å². The largest absolute Gasteiger partial charge is 0.463 e. The van der Waals surface area contributed by atoms with Crippen LogP contribution >= 0.6 is 0 Å². The van der Waals surface area contributed by atoms with E-state index in [0.29, 0.717) is 6.42 Å². The van der Waals surface area contributed by atoms with Crippen molar-refractivity contribution >= 4 is 17.9 Å². The van der Waals surface area contributed by atoms with Crippen molar-refractivity contribution in [3.63, 3.8) is 0 Å². The average molecular weight is 693 g/mol. The molecular formula is C36H68O12. The van der Waals surface area contributed by atoms with E-state index in [2.05, 4.69) is 20.8 Å². The highest BCUT2D eigenvalue weighted by molar-refractivity contribution is 5.73. The predicted octanol–water partition coefficient (Wildman–Crippen LogP) is 4.33. The number of hydrogen-bond donors (Lipinski definition) is 3. The van der Waals surface area contributed by atoms with Gasteiger partial charge in [0.2, 0.25) is 0 Å². The summed E-state index contributed by atoms with van der Waals surface area (Å²) in [5, 5.41) is 31.1. The highest BCUT2D eigenvalue weighted by Gasteiger charge is 2.36. The molecule has 3 N–H and O–H groups in total. The zero-order valence-corrected chi connectivity index (χ0v) is 32.1. The smallest absolute Gasteiger partial charge is 0.309 e. The van der Waals surface area contributed by atoms with Gasteiger partial charge in [0, 0.05) is 0 Å². The highest BCUT2D eigenvalue weighted by Crippen LogP contribution is 2.36. The second-order valence-electron chi connectivity index (χ2n) is 17.4. The van der Waals surface area contributed by atoms with Crippen molar-refractivity contribution in [1.29, 1.82) is 0 Å². The summed E-state index contributed by atoms with van der Waals surface area (Å²) in [5.41, 5.74) is -0.931. The quantitative estimate of drug-likeness (QED) is 0.115. The first-order valence-corrected chi connectivity index (χ1v) is 17.0. The van der Waals surface area contributed by atoms with Crippen LogP contribution in [0.4, 0.5) is 0 Å². The van der Waals surface area contributed by atoms with Crippen molar-refractivity contribution in [1.82, 2.24) is 0 Å². The lowest BCUT2D eigenvalue weighted by atomic mass is 9.72. The SMILES string of the molecule is CC(C(=O)OCC(O)COCC(COCC(O)COC(=O)C(CC(C)(C)C)C(C)(C)C)OCC(O)COC(=O)CC(C)(C)C)C(C)(C)C. The molecule has 6 atom stereocenters. The molecule has 0 rings (SSSR count). The molecule has 0 amide bonds. The summed E-state index contributed by atoms with van der Waals surface area (Å²) in [6.45, 7) is 24.0. The third-order valence-electron chi connectivity index (χ3n) is 7.50. The molecule has 12 nitrogen and oxygen atoms in total. The molecule has 0 fully saturated rings. The fourth-order valence-electron chi connectivity index (χ4n) is 4.17. The fourth-order valence-corrected chi connectivity index (χ4v) is 4.17. The summed E-state index contributed by atoms with van der Waals surface area (Å²) < 4.78 is 32.8. The first-order valence-electron chi connectivity index (χ1n) is 17.0. The lowest BCUT2D eigenvalue weighted by Gasteiger charge is -2.34. The Kier molecular flexibility index (Phi) is 20.0. The lowest BCUT2D eigenvalue weighted by Crippen LogP contribution is -2.36. The van der Waals surface area contributed by atoms with Crippen LogP contribution in [0.25, 0.3) is 0 Å². The van der Waals surface area contributed by atoms with E-state index < -0.39 is 36.4 Å². The Hall–Kier alpha value is -1.83. The van der Waals surface area contributed by atoms with Crippen LogP contribution in [0.1, 0.15) is 103 Å². The molecule has 0 aliphatic heterocycles. The van der Waals surface area contributed by atoms with Crippen LogP contribution < -0.4 is 0 Å². The second kappa shape index (κ2) is 20.7. The van der Waals surface area contributed by atoms with Crippen LogP contribution in [0.5, 0.6) is 0 Å². The Balaban J connectivity index is 5.04. The monoisotopic (exact) mass is 692 g/mol. The Morgan fingerprint density at radius 3 is 1.40 bits per heavy atom. The molecule has 0 heterocycles. The minimum Gasteiger partial charge on any atom is -0.463 e. The molecule has 0 saturated carbocycles. The number of carbonyl (C=O) groups is 3. The van der Waals surface area contributed by atoms with Crippen molar-refractivity contribution in [2.75, 3.05) is 52.9 Å². The van der Waals surface area contributed by atoms with E-state index >= 15 is 0 Å². The van der Waals surface area contributed by atoms with E-state index in [-0.39, 0.29) is 98.7 Å². The zero-order valence-electron chi connectivity index (χ0n) is 32.1. The standard InChI is InChI=1S/C36H68O12/c1-24(35(8,9)10)31(41)47-20-25(37)16-43-22-28(45-18-27(39)19-46-30(40)15-34(5,6)7)23-44-17-26(38)21-48-32(42)29(36(11,12)13)14-33(2,3)4/h24-29,37-39H,14-23H2,1-13H3. The van der Waals surface area contributed by atoms with E-state index in [0.717, 1.165) is 0 Å². The van der Waals surface area contributed by atoms with Gasteiger partial charge in [-0.1, -0.05) is 90.0 Å². The first kappa shape index (κ1) is 46.2. The Labute approximate surface area is 289 Å². The van der Waals surface area contributed by atoms with Gasteiger partial charge in [0.1, 0.15) is 44.2 Å². The maximum atomic E-state index is 12.9. The van der Waals surface area contributed by atoms with Gasteiger partial charge < -0.3 is 43.7 Å². The van der Waals surface area contributed by atoms with Crippen molar-refractivity contribution < 1.29 is 58.1 Å². The Morgan fingerprint density at radius 1 is 0.542 bits per heavy atom. The van der Waals surface area contributed by atoms with Gasteiger partial charge >= 0.3 is 17.9 Å². The maximum absolute atomic E-state index is 12.9. The van der Waals surface area contributed by atoms with Gasteiger partial charge in [-0.3, -0.25) is 14.4 Å². The third-order valence-corrected chi connectivity index (χ3v) is 7.50. The topological polar surface area (TPSA) is 167 Å². The molecule has 0 aliphatic rings. The molecule has 0 aromatic carbocycles. The molecule has 48 heavy (non-hydrogen) atoms. The predicted molar refractivity (Wildman–Crippen MR) is 182 cm³/mol. The summed E-state index contributed by atoms with van der Waals surface area (Å²) in [7, 11) is 0. The van der Waals surface area contributed by atoms with Crippen molar-refractivity contribution in [2.24, 2.45) is 33.5 Å². The molecule has 12 heteroatoms. The maximum Gasteiger partial charge on any atom is 0.309 e. The summed E-state index contributed by atoms with van der Waals surface area (Å²) in [4.78, 5) is 37.2. The molecule has 0 aliphatic carbocycles. The molecule has 284 valence electrons. The van der Waals surface area contributed by atoms with E-state index in [1.807, 2.05) is 62.3 Å². The normalized spacial score (nSPS) is 16.8. The van der Waals surface area contributed by atoms with Crippen LogP contribution in [-0.2, 0) is 42.8 Å². The van der Waals surface area contributed by atoms with Crippen LogP contribution in [0.2, 0.25) is 0 Å². The number of rotatable bonds is 21. The van der Waals surface area contributed by atoms with Crippen LogP contribution in [0.3, 0.4) is 0 Å². The highest BCUT2D eigenvalue weighted by atomic mass is 16.6. The zero-order chi connectivity index (χ0) is 37.5. The number of aliphatic hydroxyl groups is 3. The number of aliphatic hydroxyl groups excluding tert-OH is 3. The molecular weight excluding hydrogens is 624 g/mol. The molecule has 0 aromatic heterocycles. The molecule has 0 saturated heterocycles. The number of carbonyl (C=O) groups excluding carboxylic acids is 3. The Bertz CT molecular complexity index is 939. The molecule has 0 radical (unpaired) electrons. The average Bonchev–Trinajstić information content (AvgIpc) is 2.91. The minimum atomic E-state index is -1.11. The lowest BCUT2D eigenvalue weighted by molar-refractivity contribution is -0.159. The molecule has 0 spiro atoms. The van der Waals surface area contributed by atoms with Gasteiger partial charge in [-0.05, 0) is 28.1 Å². The fraction of sp³-hybridized carbons (Fsp3) is 0.917. The van der Waals surface area contributed by atoms with Crippen LogP contribution in [-0.4, -0.2) is 110 Å². The summed E-state index contributed by atoms with van der Waals surface area (Å²) in [6.07, 6.45) is -3.20. The summed E-state index contributed by atoms with van der Waals surface area (Å²) >= 11 is 0. The van der Waals surface area contributed by atoms with Crippen LogP contribution in [0, 0.1) is 33.5 Å². The third kappa shape index (κ3) is 22.7. The van der Waals surface area contributed by atoms with Crippen molar-refractivity contribution in [2.45, 2.75) is 127 Å². The van der Waals surface area contributed by atoms with E-state index in [1.54, 1.807) is 6.92 Å². The van der Waals surface area contributed by atoms with Gasteiger partial charge in [-0.25, -0.2) is 0 Å². The van der Waals surface area contributed by atoms with E-state index in [9.17, 15) is 29.7 Å². The minimum absolute atomic E-state index is 0.0644. The Morgan fingerprint density at radius 2 is 0.979 bits per heavy atom. The van der Waals surface area contributed by atoms with Gasteiger partial charge in [0.05, 0.1) is 51.3 Å². The molecule has 6 unspecified atom stereocenters. The second-order valence-corrected chi connectivity index (χ2v) is 17.4. The van der Waals surface area contributed by atoms with Gasteiger partial charge in [-0.15, -0.1) is 0 Å². The van der Waals surface area contributed by atoms with Gasteiger partial charge in [0.15, 0.2) is 0 Å². The van der Waals surface area contributed by atoms with E-state index in [1.165, 1.54) is 0 Å². The molecule has 0 bridgehead atoms. The first-order chi connectivity index (χ1) is 21.7. The summed E-state index contributed by atoms with van der Waals surface area (Å²) in [6, 6.07) is 0. The summed E-state index contributed by atoms with van der Waals surface area (Å²) in [5.74, 6) is -1.93. The van der Waals surface area contributed by atoms with E-state index in [4.69, 9.17) is 28.4 Å².